The summed E-state index contributed by atoms with van der Waals surface area (Å²) in [7, 11) is 0. The molecule has 2 aromatic carbocycles. The first-order chi connectivity index (χ1) is 16.9. The van der Waals surface area contributed by atoms with Gasteiger partial charge in [0.2, 0.25) is 5.91 Å². The Bertz CT molecular complexity index is 1250. The molecule has 1 aromatic heterocycles. The fourth-order valence-corrected chi connectivity index (χ4v) is 4.23. The molecule has 0 aliphatic carbocycles. The fourth-order valence-electron chi connectivity index (χ4n) is 3.49. The van der Waals surface area contributed by atoms with Gasteiger partial charge in [0.1, 0.15) is 22.5 Å². The van der Waals surface area contributed by atoms with Gasteiger partial charge in [-0.25, -0.2) is 4.39 Å². The molecule has 0 saturated carbocycles. The van der Waals surface area contributed by atoms with Gasteiger partial charge in [-0.05, 0) is 81.2 Å². The number of carbonyl (C=O) groups is 3. The Morgan fingerprint density at radius 1 is 1.11 bits per heavy atom. The number of benzene rings is 2. The van der Waals surface area contributed by atoms with Crippen molar-refractivity contribution in [3.05, 3.63) is 70.5 Å². The van der Waals surface area contributed by atoms with Crippen molar-refractivity contribution in [2.45, 2.75) is 39.3 Å². The number of rotatable bonds is 8. The van der Waals surface area contributed by atoms with Gasteiger partial charge in [-0.1, -0.05) is 12.1 Å². The van der Waals surface area contributed by atoms with Crippen molar-refractivity contribution in [1.82, 2.24) is 9.69 Å². The largest absolute Gasteiger partial charge is 0.494 e. The highest BCUT2D eigenvalue weighted by Gasteiger charge is 2.37. The van der Waals surface area contributed by atoms with Gasteiger partial charge < -0.3 is 21.5 Å². The number of hydrogen-bond acceptors (Lipinski definition) is 7. The van der Waals surface area contributed by atoms with E-state index in [-0.39, 0.29) is 16.3 Å². The number of amides is 3. The maximum atomic E-state index is 13.9. The van der Waals surface area contributed by atoms with Gasteiger partial charge in [0.05, 0.1) is 12.3 Å². The van der Waals surface area contributed by atoms with Crippen LogP contribution in [0.3, 0.4) is 0 Å². The second-order valence-electron chi connectivity index (χ2n) is 8.93. The topological polar surface area (TPSA) is 141 Å². The van der Waals surface area contributed by atoms with Crippen molar-refractivity contribution < 1.29 is 23.5 Å². The molecule has 0 fully saturated rings. The van der Waals surface area contributed by atoms with Crippen LogP contribution in [0.25, 0.3) is 0 Å². The van der Waals surface area contributed by atoms with E-state index < -0.39 is 35.1 Å². The van der Waals surface area contributed by atoms with E-state index in [0.717, 1.165) is 0 Å². The average Bonchev–Trinajstić information content (AvgIpc) is 3.19. The summed E-state index contributed by atoms with van der Waals surface area (Å²) in [5.41, 5.74) is 11.0. The van der Waals surface area contributed by atoms with E-state index in [9.17, 15) is 18.8 Å². The molecule has 190 valence electrons. The van der Waals surface area contributed by atoms with E-state index in [1.54, 1.807) is 45.0 Å². The zero-order valence-electron chi connectivity index (χ0n) is 20.4. The second-order valence-corrected chi connectivity index (χ2v) is 9.71. The van der Waals surface area contributed by atoms with E-state index >= 15 is 0 Å². The lowest BCUT2D eigenvalue weighted by Gasteiger charge is -2.33. The SMILES string of the molecule is CCOc1ccc(N(C(=O)c2snc(C(N)=O)c2N)C(C(=O)NC(C)(C)C)c2ccc(F)cc2)cc1. The molecule has 0 aliphatic rings. The summed E-state index contributed by atoms with van der Waals surface area (Å²) in [6.07, 6.45) is 0. The molecule has 3 aromatic rings. The Balaban J connectivity index is 2.21. The zero-order chi connectivity index (χ0) is 26.6. The van der Waals surface area contributed by atoms with Gasteiger partial charge in [0.15, 0.2) is 5.69 Å². The summed E-state index contributed by atoms with van der Waals surface area (Å²) in [5.74, 6) is -1.99. The molecular weight excluding hydrogens is 485 g/mol. The van der Waals surface area contributed by atoms with Crippen molar-refractivity contribution in [3.63, 3.8) is 0 Å². The van der Waals surface area contributed by atoms with Crippen LogP contribution in [0.1, 0.15) is 59.5 Å². The third-order valence-electron chi connectivity index (χ3n) is 4.99. The quantitative estimate of drug-likeness (QED) is 0.420. The molecule has 3 amide bonds. The summed E-state index contributed by atoms with van der Waals surface area (Å²) < 4.78 is 23.2. The van der Waals surface area contributed by atoms with Gasteiger partial charge in [0, 0.05) is 11.2 Å². The summed E-state index contributed by atoms with van der Waals surface area (Å²) >= 11 is 0.703. The van der Waals surface area contributed by atoms with Crippen LogP contribution in [0.15, 0.2) is 48.5 Å². The highest BCUT2D eigenvalue weighted by Crippen LogP contribution is 2.34. The molecule has 5 N–H and O–H groups in total. The number of halogens is 1. The minimum atomic E-state index is -1.21. The van der Waals surface area contributed by atoms with Gasteiger partial charge in [0.25, 0.3) is 11.8 Å². The smallest absolute Gasteiger partial charge is 0.273 e. The Hall–Kier alpha value is -3.99. The molecule has 0 saturated heterocycles. The van der Waals surface area contributed by atoms with Gasteiger partial charge >= 0.3 is 0 Å². The second kappa shape index (κ2) is 10.7. The molecule has 1 heterocycles. The Labute approximate surface area is 212 Å². The molecular formula is C25H28FN5O4S. The lowest BCUT2D eigenvalue weighted by molar-refractivity contribution is -0.123. The van der Waals surface area contributed by atoms with Crippen LogP contribution in [0, 0.1) is 5.82 Å². The van der Waals surface area contributed by atoms with Crippen LogP contribution in [0.2, 0.25) is 0 Å². The molecule has 9 nitrogen and oxygen atoms in total. The van der Waals surface area contributed by atoms with E-state index in [1.165, 1.54) is 29.2 Å². The van der Waals surface area contributed by atoms with Crippen LogP contribution in [0.4, 0.5) is 15.8 Å². The van der Waals surface area contributed by atoms with Crippen molar-refractivity contribution in [2.75, 3.05) is 17.2 Å². The van der Waals surface area contributed by atoms with Crippen LogP contribution < -0.4 is 26.4 Å². The minimum Gasteiger partial charge on any atom is -0.494 e. The number of nitrogens with one attached hydrogen (secondary N) is 1. The number of anilines is 2. The first-order valence-corrected chi connectivity index (χ1v) is 11.9. The minimum absolute atomic E-state index is 0.0617. The number of ether oxygens (including phenoxy) is 1. The van der Waals surface area contributed by atoms with E-state index in [2.05, 4.69) is 9.69 Å². The predicted molar refractivity (Wildman–Crippen MR) is 137 cm³/mol. The Morgan fingerprint density at radius 2 is 1.72 bits per heavy atom. The molecule has 36 heavy (non-hydrogen) atoms. The molecule has 1 unspecified atom stereocenters. The van der Waals surface area contributed by atoms with Gasteiger partial charge in [-0.15, -0.1) is 0 Å². The summed E-state index contributed by atoms with van der Waals surface area (Å²) in [4.78, 5) is 40.4. The maximum Gasteiger partial charge on any atom is 0.273 e. The van der Waals surface area contributed by atoms with Crippen molar-refractivity contribution in [2.24, 2.45) is 5.73 Å². The monoisotopic (exact) mass is 513 g/mol. The van der Waals surface area contributed by atoms with Crippen LogP contribution in [-0.2, 0) is 4.79 Å². The predicted octanol–water partition coefficient (Wildman–Crippen LogP) is 3.66. The number of aromatic nitrogens is 1. The fraction of sp³-hybridized carbons (Fsp3) is 0.280. The molecule has 0 spiro atoms. The van der Waals surface area contributed by atoms with Crippen molar-refractivity contribution in [3.8, 4) is 5.75 Å². The Kier molecular flexibility index (Phi) is 7.93. The standard InChI is InChI=1S/C25H28FN5O4S/c1-5-35-17-12-10-16(11-13-17)31(24(34)21-18(27)19(22(28)32)30-36-21)20(23(33)29-25(2,3)4)14-6-8-15(26)9-7-14/h6-13,20H,5,27H2,1-4H3,(H2,28,32)(H,29,33). The van der Waals surface area contributed by atoms with E-state index in [1.807, 2.05) is 6.92 Å². The summed E-state index contributed by atoms with van der Waals surface area (Å²) in [5, 5.41) is 2.89. The molecule has 0 radical (unpaired) electrons. The number of nitrogens with two attached hydrogens (primary N) is 2. The highest BCUT2D eigenvalue weighted by molar-refractivity contribution is 7.09. The zero-order valence-corrected chi connectivity index (χ0v) is 21.2. The summed E-state index contributed by atoms with van der Waals surface area (Å²) in [6.45, 7) is 7.69. The molecule has 11 heteroatoms. The van der Waals surface area contributed by atoms with Crippen molar-refractivity contribution >= 4 is 40.6 Å². The first-order valence-electron chi connectivity index (χ1n) is 11.1. The highest BCUT2D eigenvalue weighted by atomic mass is 32.1. The lowest BCUT2D eigenvalue weighted by Crippen LogP contribution is -2.49. The average molecular weight is 514 g/mol. The molecule has 1 atom stereocenters. The number of hydrogen-bond donors (Lipinski definition) is 3. The van der Waals surface area contributed by atoms with Crippen LogP contribution in [-0.4, -0.2) is 34.2 Å². The maximum absolute atomic E-state index is 13.9. The first kappa shape index (κ1) is 26.6. The summed E-state index contributed by atoms with van der Waals surface area (Å²) in [6, 6.07) is 10.6. The van der Waals surface area contributed by atoms with Gasteiger partial charge in [-0.2, -0.15) is 4.37 Å². The number of nitrogens with zero attached hydrogens (tertiary/aromatic N) is 2. The number of nitrogen functional groups attached to an aromatic ring is 1. The van der Waals surface area contributed by atoms with Crippen molar-refractivity contribution in [1.29, 1.82) is 0 Å². The lowest BCUT2D eigenvalue weighted by atomic mass is 10.0. The number of primary amides is 1. The van der Waals surface area contributed by atoms with Crippen LogP contribution in [0.5, 0.6) is 5.75 Å². The number of carbonyl (C=O) groups excluding carboxylic acids is 3. The van der Waals surface area contributed by atoms with Gasteiger partial charge in [-0.3, -0.25) is 19.3 Å². The molecule has 0 aliphatic heterocycles. The van der Waals surface area contributed by atoms with E-state index in [0.29, 0.717) is 35.1 Å². The Morgan fingerprint density at radius 3 is 2.22 bits per heavy atom. The third-order valence-corrected chi connectivity index (χ3v) is 5.84. The molecule has 0 bridgehead atoms. The van der Waals surface area contributed by atoms with Crippen LogP contribution >= 0.6 is 11.5 Å². The third kappa shape index (κ3) is 5.98. The van der Waals surface area contributed by atoms with E-state index in [4.69, 9.17) is 16.2 Å². The molecule has 3 rings (SSSR count). The normalized spacial score (nSPS) is 12.0.